The Balaban J connectivity index is 1.60. The maximum atomic E-state index is 13.2. The van der Waals surface area contributed by atoms with Crippen molar-refractivity contribution < 1.29 is 13.7 Å². The van der Waals surface area contributed by atoms with Crippen molar-refractivity contribution in [1.82, 2.24) is 9.97 Å². The molecule has 2 N–H and O–H groups in total. The lowest BCUT2D eigenvalue weighted by atomic mass is 9.96. The third-order valence-electron chi connectivity index (χ3n) is 5.52. The largest absolute Gasteiger partial charge is 0.495 e. The van der Waals surface area contributed by atoms with Gasteiger partial charge in [0.2, 0.25) is 5.88 Å². The van der Waals surface area contributed by atoms with E-state index in [4.69, 9.17) is 14.5 Å². The molecule has 0 bridgehead atoms. The van der Waals surface area contributed by atoms with Crippen LogP contribution in [0.25, 0.3) is 10.4 Å². The summed E-state index contributed by atoms with van der Waals surface area (Å²) in [6.45, 7) is 2.01. The average molecular weight is 473 g/mol. The lowest BCUT2D eigenvalue weighted by Gasteiger charge is -2.22. The van der Waals surface area contributed by atoms with Gasteiger partial charge in [-0.05, 0) is 55.7 Å². The number of hydrogen-bond acceptors (Lipinski definition) is 7. The monoisotopic (exact) mass is 472 g/mol. The molecule has 0 spiro atoms. The molecule has 1 atom stereocenters. The van der Waals surface area contributed by atoms with Gasteiger partial charge >= 0.3 is 0 Å². The predicted molar refractivity (Wildman–Crippen MR) is 130 cm³/mol. The van der Waals surface area contributed by atoms with Gasteiger partial charge in [0.25, 0.3) is 0 Å². The number of benzene rings is 1. The second-order valence-corrected chi connectivity index (χ2v) is 9.89. The lowest BCUT2D eigenvalue weighted by Crippen LogP contribution is -2.21. The van der Waals surface area contributed by atoms with Crippen LogP contribution >= 0.6 is 11.3 Å². The van der Waals surface area contributed by atoms with Crippen molar-refractivity contribution in [1.29, 1.82) is 0 Å². The number of pyridine rings is 1. The van der Waals surface area contributed by atoms with Gasteiger partial charge in [-0.2, -0.15) is 0 Å². The Kier molecular flexibility index (Phi) is 7.26. The smallest absolute Gasteiger partial charge is 0.238 e. The molecule has 3 aromatic rings. The Hall–Kier alpha value is -2.65. The number of nitrogens with zero attached hydrogens (tertiary/aromatic N) is 2. The summed E-state index contributed by atoms with van der Waals surface area (Å²) in [5, 5.41) is 4.55. The van der Waals surface area contributed by atoms with Crippen molar-refractivity contribution in [3.05, 3.63) is 42.2 Å². The second kappa shape index (κ2) is 10.3. The highest BCUT2D eigenvalue weighted by Gasteiger charge is 2.19. The van der Waals surface area contributed by atoms with Gasteiger partial charge in [0.05, 0.1) is 24.8 Å². The molecule has 1 saturated carbocycles. The fourth-order valence-corrected chi connectivity index (χ4v) is 5.97. The molecule has 0 amide bonds. The zero-order valence-corrected chi connectivity index (χ0v) is 20.1. The van der Waals surface area contributed by atoms with Gasteiger partial charge in [-0.1, -0.05) is 30.6 Å². The molecular weight excluding hydrogens is 444 g/mol. The predicted octanol–water partition coefficient (Wildman–Crippen LogP) is 5.41. The summed E-state index contributed by atoms with van der Waals surface area (Å²) in [6.07, 6.45) is 7.89. The molecule has 1 unspecified atom stereocenters. The van der Waals surface area contributed by atoms with E-state index in [9.17, 15) is 4.21 Å². The second-order valence-electron chi connectivity index (χ2n) is 7.71. The molecule has 0 radical (unpaired) electrons. The molecular formula is C23H28N4O3S2. The number of thiazole rings is 1. The van der Waals surface area contributed by atoms with Gasteiger partial charge in [0.15, 0.2) is 16.1 Å². The van der Waals surface area contributed by atoms with E-state index >= 15 is 0 Å². The topological polar surface area (TPSA) is 85.4 Å². The highest BCUT2D eigenvalue weighted by atomic mass is 32.2. The first-order valence-electron chi connectivity index (χ1n) is 10.7. The molecule has 2 heterocycles. The number of ether oxygens (including phenoxy) is 2. The van der Waals surface area contributed by atoms with E-state index in [0.29, 0.717) is 28.3 Å². The number of anilines is 2. The SMILES string of the molecule is COc1ccc(-c2sc(NC3CCCCC3)nc2C)cc1S(=O)Nc1cccnc1OC. The van der Waals surface area contributed by atoms with E-state index in [1.54, 1.807) is 36.8 Å². The van der Waals surface area contributed by atoms with Crippen LogP contribution in [0.5, 0.6) is 11.6 Å². The van der Waals surface area contributed by atoms with Crippen LogP contribution in [0.2, 0.25) is 0 Å². The molecule has 1 aliphatic rings. The normalized spacial score (nSPS) is 15.2. The van der Waals surface area contributed by atoms with E-state index in [2.05, 4.69) is 15.0 Å². The zero-order chi connectivity index (χ0) is 22.5. The van der Waals surface area contributed by atoms with Crippen LogP contribution in [0.4, 0.5) is 10.8 Å². The molecule has 0 aliphatic heterocycles. The first-order chi connectivity index (χ1) is 15.6. The Morgan fingerprint density at radius 1 is 1.12 bits per heavy atom. The van der Waals surface area contributed by atoms with Crippen LogP contribution in [0, 0.1) is 6.92 Å². The van der Waals surface area contributed by atoms with Crippen LogP contribution in [0.15, 0.2) is 41.4 Å². The molecule has 0 saturated heterocycles. The van der Waals surface area contributed by atoms with Crippen molar-refractivity contribution in [3.63, 3.8) is 0 Å². The van der Waals surface area contributed by atoms with E-state index in [1.165, 1.54) is 39.2 Å². The van der Waals surface area contributed by atoms with Gasteiger partial charge < -0.3 is 14.8 Å². The van der Waals surface area contributed by atoms with Crippen LogP contribution < -0.4 is 19.5 Å². The van der Waals surface area contributed by atoms with Crippen LogP contribution in [-0.4, -0.2) is 34.4 Å². The number of hydrogen-bond donors (Lipinski definition) is 2. The third kappa shape index (κ3) is 5.05. The van der Waals surface area contributed by atoms with Crippen molar-refractivity contribution in [2.75, 3.05) is 24.3 Å². The van der Waals surface area contributed by atoms with Gasteiger partial charge in [-0.3, -0.25) is 4.72 Å². The fourth-order valence-electron chi connectivity index (χ4n) is 3.90. The number of rotatable bonds is 8. The van der Waals surface area contributed by atoms with E-state index in [-0.39, 0.29) is 0 Å². The van der Waals surface area contributed by atoms with E-state index in [1.807, 2.05) is 25.1 Å². The highest BCUT2D eigenvalue weighted by Crippen LogP contribution is 2.37. The number of aromatic nitrogens is 2. The summed E-state index contributed by atoms with van der Waals surface area (Å²) in [7, 11) is 1.53. The Bertz CT molecular complexity index is 1100. The Morgan fingerprint density at radius 3 is 2.69 bits per heavy atom. The number of aryl methyl sites for hydroxylation is 1. The van der Waals surface area contributed by atoms with Gasteiger partial charge in [-0.25, -0.2) is 14.2 Å². The zero-order valence-electron chi connectivity index (χ0n) is 18.5. The quantitative estimate of drug-likeness (QED) is 0.456. The highest BCUT2D eigenvalue weighted by molar-refractivity contribution is 7.86. The molecule has 1 aliphatic carbocycles. The Morgan fingerprint density at radius 2 is 1.94 bits per heavy atom. The summed E-state index contributed by atoms with van der Waals surface area (Å²) in [6, 6.07) is 9.76. The standard InChI is InChI=1S/C23H28N4O3S2/c1-15-21(31-23(25-15)26-17-8-5-4-6-9-17)16-11-12-19(29-2)20(14-16)32(28)27-18-10-7-13-24-22(18)30-3/h7,10-14,17,27H,4-6,8-9H2,1-3H3,(H,25,26). The number of methoxy groups -OCH3 is 2. The first kappa shape index (κ1) is 22.5. The van der Waals surface area contributed by atoms with Crippen LogP contribution in [0.1, 0.15) is 37.8 Å². The maximum Gasteiger partial charge on any atom is 0.238 e. The molecule has 170 valence electrons. The summed E-state index contributed by atoms with van der Waals surface area (Å²) in [5.41, 5.74) is 2.46. The summed E-state index contributed by atoms with van der Waals surface area (Å²) in [4.78, 5) is 10.5. The van der Waals surface area contributed by atoms with Gasteiger partial charge in [0, 0.05) is 12.2 Å². The van der Waals surface area contributed by atoms with Gasteiger partial charge in [0.1, 0.15) is 16.3 Å². The van der Waals surface area contributed by atoms with E-state index in [0.717, 1.165) is 21.3 Å². The van der Waals surface area contributed by atoms with E-state index < -0.39 is 11.0 Å². The molecule has 7 nitrogen and oxygen atoms in total. The van der Waals surface area contributed by atoms with Crippen molar-refractivity contribution in [2.24, 2.45) is 0 Å². The van der Waals surface area contributed by atoms with Crippen molar-refractivity contribution in [3.8, 4) is 22.1 Å². The van der Waals surface area contributed by atoms with Crippen molar-refractivity contribution in [2.45, 2.75) is 50.0 Å². The summed E-state index contributed by atoms with van der Waals surface area (Å²) in [5.74, 6) is 0.929. The Labute approximate surface area is 195 Å². The summed E-state index contributed by atoms with van der Waals surface area (Å²) < 4.78 is 26.9. The molecule has 1 fully saturated rings. The summed E-state index contributed by atoms with van der Waals surface area (Å²) >= 11 is 1.64. The fraction of sp³-hybridized carbons (Fsp3) is 0.391. The van der Waals surface area contributed by atoms with Crippen LogP contribution in [0.3, 0.4) is 0 Å². The minimum absolute atomic E-state index is 0.382. The van der Waals surface area contributed by atoms with Crippen LogP contribution in [-0.2, 0) is 11.0 Å². The minimum Gasteiger partial charge on any atom is -0.495 e. The molecule has 9 heteroatoms. The minimum atomic E-state index is -1.57. The molecule has 2 aromatic heterocycles. The average Bonchev–Trinajstić information content (AvgIpc) is 3.19. The lowest BCUT2D eigenvalue weighted by molar-refractivity contribution is 0.400. The third-order valence-corrected chi connectivity index (χ3v) is 7.78. The maximum absolute atomic E-state index is 13.2. The molecule has 4 rings (SSSR count). The number of nitrogens with one attached hydrogen (secondary N) is 2. The molecule has 32 heavy (non-hydrogen) atoms. The van der Waals surface area contributed by atoms with Gasteiger partial charge in [-0.15, -0.1) is 0 Å². The van der Waals surface area contributed by atoms with Crippen molar-refractivity contribution >= 4 is 33.1 Å². The molecule has 1 aromatic carbocycles. The first-order valence-corrected chi connectivity index (χ1v) is 12.7.